The Morgan fingerprint density at radius 1 is 1.42 bits per heavy atom. The van der Waals surface area contributed by atoms with Crippen LogP contribution in [0.2, 0.25) is 0 Å². The molecular weight excluding hydrogens is 261 g/mol. The number of piperidine rings is 1. The van der Waals surface area contributed by atoms with Crippen LogP contribution in [0.1, 0.15) is 18.5 Å². The number of anilines is 1. The fraction of sp³-hybridized carbons (Fsp3) is 0.636. The highest BCUT2D eigenvalue weighted by atomic mass is 19.4. The molecule has 1 aromatic heterocycles. The normalized spacial score (nSPS) is 18.5. The van der Waals surface area contributed by atoms with Crippen molar-refractivity contribution < 1.29 is 13.2 Å². The number of H-pyrrole nitrogens is 1. The van der Waals surface area contributed by atoms with E-state index in [0.29, 0.717) is 6.07 Å². The monoisotopic (exact) mass is 276 g/mol. The molecule has 1 fully saturated rings. The Morgan fingerprint density at radius 2 is 2.05 bits per heavy atom. The molecule has 0 radical (unpaired) electrons. The Hall–Kier alpha value is -1.57. The summed E-state index contributed by atoms with van der Waals surface area (Å²) in [5, 5.41) is 2.86. The standard InChI is InChI=1S/C11H15F3N4O/c1-18-4-2-7(3-5-18)15-10-16-8(11(12,13)14)6-9(19)17-10/h6-7H,2-5H2,1H3,(H2,15,16,17,19). The van der Waals surface area contributed by atoms with Crippen molar-refractivity contribution in [2.75, 3.05) is 25.5 Å². The van der Waals surface area contributed by atoms with E-state index < -0.39 is 17.4 Å². The van der Waals surface area contributed by atoms with Gasteiger partial charge >= 0.3 is 6.18 Å². The van der Waals surface area contributed by atoms with E-state index in [4.69, 9.17) is 0 Å². The Bertz CT molecular complexity index is 491. The van der Waals surface area contributed by atoms with E-state index >= 15 is 0 Å². The third kappa shape index (κ3) is 3.69. The Kier molecular flexibility index (Phi) is 3.79. The summed E-state index contributed by atoms with van der Waals surface area (Å²) < 4.78 is 37.6. The lowest BCUT2D eigenvalue weighted by Gasteiger charge is -2.29. The van der Waals surface area contributed by atoms with Crippen LogP contribution in [0.4, 0.5) is 19.1 Å². The zero-order valence-electron chi connectivity index (χ0n) is 10.4. The third-order valence-corrected chi connectivity index (χ3v) is 3.09. The van der Waals surface area contributed by atoms with Gasteiger partial charge in [-0.1, -0.05) is 0 Å². The summed E-state index contributed by atoms with van der Waals surface area (Å²) in [4.78, 5) is 19.0. The van der Waals surface area contributed by atoms with Crippen molar-refractivity contribution >= 4 is 5.95 Å². The maximum Gasteiger partial charge on any atom is 0.433 e. The average molecular weight is 276 g/mol. The predicted molar refractivity (Wildman–Crippen MR) is 64.0 cm³/mol. The van der Waals surface area contributed by atoms with Crippen molar-refractivity contribution in [3.63, 3.8) is 0 Å². The van der Waals surface area contributed by atoms with Gasteiger partial charge in [0.05, 0.1) is 0 Å². The van der Waals surface area contributed by atoms with Crippen molar-refractivity contribution in [1.82, 2.24) is 14.9 Å². The van der Waals surface area contributed by atoms with Gasteiger partial charge in [0.25, 0.3) is 5.56 Å². The van der Waals surface area contributed by atoms with E-state index in [9.17, 15) is 18.0 Å². The number of halogens is 3. The first-order chi connectivity index (χ1) is 8.84. The first kappa shape index (κ1) is 13.9. The van der Waals surface area contributed by atoms with Crippen molar-refractivity contribution in [3.05, 3.63) is 22.1 Å². The number of nitrogens with one attached hydrogen (secondary N) is 2. The second-order valence-electron chi connectivity index (χ2n) is 4.70. The topological polar surface area (TPSA) is 61.0 Å². The molecule has 1 aliphatic heterocycles. The minimum absolute atomic E-state index is 0.0304. The highest BCUT2D eigenvalue weighted by Crippen LogP contribution is 2.27. The van der Waals surface area contributed by atoms with Gasteiger partial charge in [0, 0.05) is 12.1 Å². The van der Waals surface area contributed by atoms with Crippen molar-refractivity contribution in [2.24, 2.45) is 0 Å². The number of hydrogen-bond acceptors (Lipinski definition) is 4. The first-order valence-corrected chi connectivity index (χ1v) is 5.98. The van der Waals surface area contributed by atoms with Gasteiger partial charge in [0.2, 0.25) is 5.95 Å². The molecule has 19 heavy (non-hydrogen) atoms. The van der Waals surface area contributed by atoms with Crippen molar-refractivity contribution in [3.8, 4) is 0 Å². The van der Waals surface area contributed by atoms with Gasteiger partial charge < -0.3 is 10.2 Å². The van der Waals surface area contributed by atoms with E-state index in [1.807, 2.05) is 7.05 Å². The summed E-state index contributed by atoms with van der Waals surface area (Å²) in [6.07, 6.45) is -3.01. The Balaban J connectivity index is 2.12. The summed E-state index contributed by atoms with van der Waals surface area (Å²) in [6, 6.07) is 0.489. The fourth-order valence-electron chi connectivity index (χ4n) is 2.02. The molecule has 0 aromatic carbocycles. The molecule has 2 rings (SSSR count). The molecule has 1 aromatic rings. The Labute approximate surface area is 107 Å². The number of nitrogens with zero attached hydrogens (tertiary/aromatic N) is 2. The van der Waals surface area contributed by atoms with Gasteiger partial charge in [-0.05, 0) is 33.0 Å². The molecule has 0 atom stereocenters. The van der Waals surface area contributed by atoms with Gasteiger partial charge in [-0.3, -0.25) is 9.78 Å². The maximum absolute atomic E-state index is 12.5. The summed E-state index contributed by atoms with van der Waals surface area (Å²) in [6.45, 7) is 1.72. The van der Waals surface area contributed by atoms with E-state index in [2.05, 4.69) is 20.2 Å². The van der Waals surface area contributed by atoms with E-state index in [-0.39, 0.29) is 12.0 Å². The molecule has 2 heterocycles. The largest absolute Gasteiger partial charge is 0.433 e. The van der Waals surface area contributed by atoms with E-state index in [0.717, 1.165) is 25.9 Å². The van der Waals surface area contributed by atoms with Gasteiger partial charge in [-0.25, -0.2) is 4.98 Å². The van der Waals surface area contributed by atoms with Crippen LogP contribution >= 0.6 is 0 Å². The Morgan fingerprint density at radius 3 is 2.63 bits per heavy atom. The molecule has 1 saturated heterocycles. The number of aromatic nitrogens is 2. The highest BCUT2D eigenvalue weighted by Gasteiger charge is 2.33. The van der Waals surface area contributed by atoms with Crippen LogP contribution in [0.25, 0.3) is 0 Å². The second kappa shape index (κ2) is 5.20. The van der Waals surface area contributed by atoms with Gasteiger partial charge in [-0.15, -0.1) is 0 Å². The average Bonchev–Trinajstić information content (AvgIpc) is 2.30. The van der Waals surface area contributed by atoms with Crippen LogP contribution in [-0.4, -0.2) is 41.0 Å². The van der Waals surface area contributed by atoms with Gasteiger partial charge in [0.15, 0.2) is 5.69 Å². The first-order valence-electron chi connectivity index (χ1n) is 5.98. The quantitative estimate of drug-likeness (QED) is 0.854. The molecular formula is C11H15F3N4O. The van der Waals surface area contributed by atoms with Crippen LogP contribution in [0.5, 0.6) is 0 Å². The molecule has 0 unspecified atom stereocenters. The minimum atomic E-state index is -4.61. The smallest absolute Gasteiger partial charge is 0.353 e. The van der Waals surface area contributed by atoms with E-state index in [1.165, 1.54) is 0 Å². The lowest BCUT2D eigenvalue weighted by Crippen LogP contribution is -2.37. The molecule has 0 aliphatic carbocycles. The van der Waals surface area contributed by atoms with Gasteiger partial charge in [0.1, 0.15) is 0 Å². The zero-order valence-corrected chi connectivity index (χ0v) is 10.4. The maximum atomic E-state index is 12.5. The summed E-state index contributed by atoms with van der Waals surface area (Å²) in [5.41, 5.74) is -1.98. The third-order valence-electron chi connectivity index (χ3n) is 3.09. The van der Waals surface area contributed by atoms with Crippen LogP contribution in [0.3, 0.4) is 0 Å². The highest BCUT2D eigenvalue weighted by molar-refractivity contribution is 5.27. The molecule has 1 aliphatic rings. The zero-order chi connectivity index (χ0) is 14.0. The number of aromatic amines is 1. The molecule has 0 saturated carbocycles. The molecule has 8 heteroatoms. The van der Waals surface area contributed by atoms with Crippen LogP contribution in [0.15, 0.2) is 10.9 Å². The minimum Gasteiger partial charge on any atom is -0.353 e. The van der Waals surface area contributed by atoms with Crippen molar-refractivity contribution in [2.45, 2.75) is 25.1 Å². The van der Waals surface area contributed by atoms with Crippen molar-refractivity contribution in [1.29, 1.82) is 0 Å². The fourth-order valence-corrected chi connectivity index (χ4v) is 2.02. The molecule has 0 spiro atoms. The number of hydrogen-bond donors (Lipinski definition) is 2. The second-order valence-corrected chi connectivity index (χ2v) is 4.70. The summed E-state index contributed by atoms with van der Waals surface area (Å²) >= 11 is 0. The summed E-state index contributed by atoms with van der Waals surface area (Å²) in [7, 11) is 1.99. The predicted octanol–water partition coefficient (Wildman–Crippen LogP) is 1.29. The molecule has 0 bridgehead atoms. The number of alkyl halides is 3. The number of rotatable bonds is 2. The number of likely N-dealkylation sites (tertiary alicyclic amines) is 1. The lowest BCUT2D eigenvalue weighted by molar-refractivity contribution is -0.141. The van der Waals surface area contributed by atoms with Gasteiger partial charge in [-0.2, -0.15) is 13.2 Å². The molecule has 0 amide bonds. The van der Waals surface area contributed by atoms with Crippen LogP contribution in [-0.2, 0) is 6.18 Å². The van der Waals surface area contributed by atoms with E-state index in [1.54, 1.807) is 0 Å². The molecule has 106 valence electrons. The lowest BCUT2D eigenvalue weighted by atomic mass is 10.1. The van der Waals surface area contributed by atoms with Crippen LogP contribution in [0, 0.1) is 0 Å². The molecule has 2 N–H and O–H groups in total. The van der Waals surface area contributed by atoms with Crippen LogP contribution < -0.4 is 10.9 Å². The SMILES string of the molecule is CN1CCC(Nc2nc(C(F)(F)F)cc(=O)[nH]2)CC1. The summed E-state index contributed by atoms with van der Waals surface area (Å²) in [5.74, 6) is -0.116. The molecule has 5 nitrogen and oxygen atoms in total.